The van der Waals surface area contributed by atoms with E-state index in [9.17, 15) is 40.5 Å². The first-order valence-electron chi connectivity index (χ1n) is 12.6. The third kappa shape index (κ3) is 3.24. The molecule has 4 aromatic rings. The van der Waals surface area contributed by atoms with Gasteiger partial charge in [-0.1, -0.05) is 12.1 Å². The Labute approximate surface area is 231 Å². The largest absolute Gasteiger partial charge is 0.508 e. The summed E-state index contributed by atoms with van der Waals surface area (Å²) in [5.74, 6) is -5.54. The number of aromatic hydroxyl groups is 5. The number of Topliss-reactive ketones (excluding diaryl/α,β-unsaturated/α-hetero) is 1. The highest BCUT2D eigenvalue weighted by Crippen LogP contribution is 2.64. The van der Waals surface area contributed by atoms with Crippen molar-refractivity contribution >= 4 is 5.78 Å². The fourth-order valence-corrected chi connectivity index (χ4v) is 5.88. The molecule has 3 heterocycles. The second-order valence-corrected chi connectivity index (χ2v) is 10.2. The van der Waals surface area contributed by atoms with E-state index in [4.69, 9.17) is 14.2 Å². The van der Waals surface area contributed by atoms with Gasteiger partial charge in [-0.05, 0) is 42.0 Å². The summed E-state index contributed by atoms with van der Waals surface area (Å²) in [6.07, 6.45) is -2.31. The number of hydrogen-bond acceptors (Lipinski definition) is 11. The lowest BCUT2D eigenvalue weighted by atomic mass is 9.74. The molecule has 41 heavy (non-hydrogen) atoms. The zero-order valence-electron chi connectivity index (χ0n) is 21.0. The van der Waals surface area contributed by atoms with E-state index in [-0.39, 0.29) is 57.6 Å². The minimum absolute atomic E-state index is 0.00570. The Morgan fingerprint density at radius 2 is 1.39 bits per heavy atom. The van der Waals surface area contributed by atoms with Gasteiger partial charge in [0.25, 0.3) is 0 Å². The minimum Gasteiger partial charge on any atom is -0.508 e. The average Bonchev–Trinajstić information content (AvgIpc) is 3.18. The number of rotatable bonds is 2. The maximum atomic E-state index is 14.3. The quantitative estimate of drug-likeness (QED) is 0.192. The molecule has 0 saturated heterocycles. The highest BCUT2D eigenvalue weighted by molar-refractivity contribution is 6.10. The van der Waals surface area contributed by atoms with Crippen LogP contribution in [0.2, 0.25) is 0 Å². The number of phenols is 5. The Balaban J connectivity index is 1.49. The molecule has 7 N–H and O–H groups in total. The zero-order chi connectivity index (χ0) is 28.8. The van der Waals surface area contributed by atoms with Gasteiger partial charge in [0.05, 0.1) is 11.7 Å². The summed E-state index contributed by atoms with van der Waals surface area (Å²) in [5, 5.41) is 74.8. The van der Waals surface area contributed by atoms with Crippen LogP contribution in [-0.4, -0.2) is 47.6 Å². The second kappa shape index (κ2) is 8.19. The predicted octanol–water partition coefficient (Wildman–Crippen LogP) is 2.96. The standard InChI is InChI=1S/C30H22O11/c31-15-5-1-13(2-6-15)26-21(36)11-18-19(34)12-23-25(27(18)39-26)29(38)28(37)24-20(35)9-17(33)10-22(24)40-30(29,41-23)14-3-7-16(32)8-4-14/h1-10,12,21,26,31-36,38H,11H2/t21-,26+,29+,30+/m1/s1. The first kappa shape index (κ1) is 24.9. The summed E-state index contributed by atoms with van der Waals surface area (Å²) in [7, 11) is 0. The van der Waals surface area contributed by atoms with Crippen molar-refractivity contribution in [3.8, 4) is 46.0 Å². The van der Waals surface area contributed by atoms with Crippen LogP contribution in [0, 0.1) is 0 Å². The number of aliphatic hydroxyl groups excluding tert-OH is 1. The van der Waals surface area contributed by atoms with E-state index in [0.717, 1.165) is 12.1 Å². The fourth-order valence-electron chi connectivity index (χ4n) is 5.88. The number of aliphatic hydroxyl groups is 2. The predicted molar refractivity (Wildman–Crippen MR) is 138 cm³/mol. The lowest BCUT2D eigenvalue weighted by molar-refractivity contribution is -0.218. The molecular weight excluding hydrogens is 536 g/mol. The minimum atomic E-state index is -2.74. The number of benzene rings is 4. The monoisotopic (exact) mass is 558 g/mol. The van der Waals surface area contributed by atoms with Crippen molar-refractivity contribution in [1.29, 1.82) is 0 Å². The van der Waals surface area contributed by atoms with E-state index >= 15 is 0 Å². The van der Waals surface area contributed by atoms with Gasteiger partial charge in [-0.3, -0.25) is 4.79 Å². The molecule has 0 bridgehead atoms. The highest BCUT2D eigenvalue weighted by atomic mass is 16.7. The van der Waals surface area contributed by atoms with E-state index in [1.807, 2.05) is 0 Å². The van der Waals surface area contributed by atoms with Gasteiger partial charge in [-0.2, -0.15) is 0 Å². The third-order valence-electron chi connectivity index (χ3n) is 7.77. The Hall–Kier alpha value is -5.13. The topological polar surface area (TPSA) is 186 Å². The van der Waals surface area contributed by atoms with Crippen LogP contribution in [0.1, 0.15) is 38.7 Å². The van der Waals surface area contributed by atoms with Crippen LogP contribution >= 0.6 is 0 Å². The van der Waals surface area contributed by atoms with Gasteiger partial charge >= 0.3 is 5.79 Å². The molecule has 0 radical (unpaired) electrons. The lowest BCUT2D eigenvalue weighted by Gasteiger charge is -2.44. The SMILES string of the molecule is O=C1c2c(O)cc(O)cc2O[C@@]2(c3ccc(O)cc3)Oc3cc(O)c4c(c3[C@]12O)O[C@@H](c1ccc(O)cc1)[C@H](O)C4. The van der Waals surface area contributed by atoms with Crippen molar-refractivity contribution in [2.45, 2.75) is 30.0 Å². The molecule has 208 valence electrons. The molecule has 4 aromatic carbocycles. The number of carbonyl (C=O) groups is 1. The molecule has 0 aliphatic carbocycles. The van der Waals surface area contributed by atoms with Crippen LogP contribution in [0.15, 0.2) is 66.7 Å². The van der Waals surface area contributed by atoms with Crippen LogP contribution in [0.4, 0.5) is 0 Å². The molecule has 11 heteroatoms. The van der Waals surface area contributed by atoms with E-state index in [1.165, 1.54) is 42.5 Å². The van der Waals surface area contributed by atoms with Gasteiger partial charge in [0, 0.05) is 35.7 Å². The zero-order valence-corrected chi connectivity index (χ0v) is 21.0. The summed E-state index contributed by atoms with van der Waals surface area (Å²) in [6.45, 7) is 0. The van der Waals surface area contributed by atoms with E-state index < -0.39 is 46.4 Å². The number of hydrogen-bond donors (Lipinski definition) is 7. The van der Waals surface area contributed by atoms with Crippen LogP contribution in [0.5, 0.6) is 46.0 Å². The molecule has 11 nitrogen and oxygen atoms in total. The molecule has 3 aliphatic rings. The van der Waals surface area contributed by atoms with Crippen molar-refractivity contribution < 1.29 is 54.8 Å². The molecule has 0 spiro atoms. The summed E-state index contributed by atoms with van der Waals surface area (Å²) < 4.78 is 18.6. The van der Waals surface area contributed by atoms with Crippen molar-refractivity contribution in [3.63, 3.8) is 0 Å². The number of phenolic OH excluding ortho intramolecular Hbond substituents is 5. The Morgan fingerprint density at radius 3 is 2.07 bits per heavy atom. The molecule has 0 amide bonds. The van der Waals surface area contributed by atoms with Crippen molar-refractivity contribution in [1.82, 2.24) is 0 Å². The van der Waals surface area contributed by atoms with E-state index in [2.05, 4.69) is 0 Å². The van der Waals surface area contributed by atoms with Gasteiger partial charge in [-0.15, -0.1) is 0 Å². The van der Waals surface area contributed by atoms with E-state index in [1.54, 1.807) is 12.1 Å². The highest BCUT2D eigenvalue weighted by Gasteiger charge is 2.72. The summed E-state index contributed by atoms with van der Waals surface area (Å²) in [6, 6.07) is 14.4. The van der Waals surface area contributed by atoms with Gasteiger partial charge < -0.3 is 50.0 Å². The van der Waals surface area contributed by atoms with Crippen molar-refractivity contribution in [2.75, 3.05) is 0 Å². The maximum Gasteiger partial charge on any atom is 0.319 e. The molecule has 4 atom stereocenters. The number of carbonyl (C=O) groups excluding carboxylic acids is 1. The summed E-state index contributed by atoms with van der Waals surface area (Å²) in [5.41, 5.74) is -2.73. The molecular formula is C30H22O11. The number of fused-ring (bicyclic) bond motifs is 6. The fraction of sp³-hybridized carbons (Fsp3) is 0.167. The second-order valence-electron chi connectivity index (χ2n) is 10.2. The normalized spacial score (nSPS) is 25.6. The van der Waals surface area contributed by atoms with Gasteiger partial charge in [0.2, 0.25) is 11.4 Å². The first-order valence-corrected chi connectivity index (χ1v) is 12.6. The van der Waals surface area contributed by atoms with Gasteiger partial charge in [-0.25, -0.2) is 0 Å². The third-order valence-corrected chi connectivity index (χ3v) is 7.77. The average molecular weight is 558 g/mol. The summed E-state index contributed by atoms with van der Waals surface area (Å²) >= 11 is 0. The first-order chi connectivity index (χ1) is 19.5. The van der Waals surface area contributed by atoms with Gasteiger partial charge in [0.1, 0.15) is 57.7 Å². The van der Waals surface area contributed by atoms with Crippen molar-refractivity contribution in [2.24, 2.45) is 0 Å². The molecule has 7 rings (SSSR count). The maximum absolute atomic E-state index is 14.3. The smallest absolute Gasteiger partial charge is 0.319 e. The molecule has 0 saturated carbocycles. The molecule has 0 unspecified atom stereocenters. The number of ketones is 1. The van der Waals surface area contributed by atoms with Crippen LogP contribution in [0.3, 0.4) is 0 Å². The molecule has 0 aromatic heterocycles. The number of ether oxygens (including phenoxy) is 3. The molecule has 0 fully saturated rings. The van der Waals surface area contributed by atoms with E-state index in [0.29, 0.717) is 5.56 Å². The van der Waals surface area contributed by atoms with Crippen LogP contribution in [0.25, 0.3) is 0 Å². The van der Waals surface area contributed by atoms with Crippen molar-refractivity contribution in [3.05, 3.63) is 94.5 Å². The van der Waals surface area contributed by atoms with Crippen LogP contribution in [-0.2, 0) is 17.8 Å². The Bertz CT molecular complexity index is 1750. The Kier molecular flexibility index (Phi) is 4.97. The van der Waals surface area contributed by atoms with Crippen LogP contribution < -0.4 is 14.2 Å². The Morgan fingerprint density at radius 1 is 0.756 bits per heavy atom. The summed E-state index contributed by atoms with van der Waals surface area (Å²) in [4.78, 5) is 14.3. The van der Waals surface area contributed by atoms with Gasteiger partial charge in [0.15, 0.2) is 0 Å². The molecule has 3 aliphatic heterocycles. The lowest BCUT2D eigenvalue weighted by Crippen LogP contribution is -2.60.